The second kappa shape index (κ2) is 8.98. The maximum Gasteiger partial charge on any atom is 0.275 e. The van der Waals surface area contributed by atoms with Gasteiger partial charge >= 0.3 is 0 Å². The van der Waals surface area contributed by atoms with Crippen molar-refractivity contribution in [2.24, 2.45) is 13.0 Å². The van der Waals surface area contributed by atoms with Gasteiger partial charge < -0.3 is 18.9 Å². The van der Waals surface area contributed by atoms with Gasteiger partial charge in [-0.25, -0.2) is 0 Å². The van der Waals surface area contributed by atoms with Crippen molar-refractivity contribution in [1.29, 1.82) is 0 Å². The van der Waals surface area contributed by atoms with E-state index in [-0.39, 0.29) is 11.5 Å². The van der Waals surface area contributed by atoms with Crippen LogP contribution in [0.1, 0.15) is 56.3 Å². The fourth-order valence-electron chi connectivity index (χ4n) is 5.91. The summed E-state index contributed by atoms with van der Waals surface area (Å²) < 4.78 is 3.71. The Morgan fingerprint density at radius 2 is 1.73 bits per heavy atom. The van der Waals surface area contributed by atoms with E-state index in [1.807, 2.05) is 47.0 Å². The van der Waals surface area contributed by atoms with Crippen LogP contribution in [0.5, 0.6) is 0 Å². The van der Waals surface area contributed by atoms with Crippen molar-refractivity contribution in [2.45, 2.75) is 58.5 Å². The second-order valence-corrected chi connectivity index (χ2v) is 10.3. The number of rotatable bonds is 4. The zero-order chi connectivity index (χ0) is 23.1. The molecule has 2 saturated heterocycles. The van der Waals surface area contributed by atoms with Gasteiger partial charge in [-0.15, -0.1) is 0 Å². The molecule has 176 valence electrons. The summed E-state index contributed by atoms with van der Waals surface area (Å²) in [5.41, 5.74) is 2.27. The van der Waals surface area contributed by atoms with Gasteiger partial charge in [-0.2, -0.15) is 0 Å². The predicted octanol–water partition coefficient (Wildman–Crippen LogP) is 4.24. The van der Waals surface area contributed by atoms with E-state index in [2.05, 4.69) is 18.7 Å². The van der Waals surface area contributed by atoms with E-state index in [0.717, 1.165) is 42.2 Å². The number of benzene rings is 1. The summed E-state index contributed by atoms with van der Waals surface area (Å²) >= 11 is 0. The van der Waals surface area contributed by atoms with Gasteiger partial charge in [-0.05, 0) is 50.8 Å². The SMILES string of the molecule is CC(C)Cn1cc(C(=O)N2CCC(N3CCCCC3)CC2)c2c3ccccc3n(C)c2c1=O. The Kier molecular flexibility index (Phi) is 6.04. The number of hydrogen-bond acceptors (Lipinski definition) is 3. The number of carbonyl (C=O) groups is 1. The lowest BCUT2D eigenvalue weighted by atomic mass is 9.99. The van der Waals surface area contributed by atoms with Gasteiger partial charge in [0.1, 0.15) is 5.52 Å². The van der Waals surface area contributed by atoms with Crippen LogP contribution >= 0.6 is 0 Å². The molecule has 1 aromatic carbocycles. The normalized spacial score (nSPS) is 18.6. The predicted molar refractivity (Wildman–Crippen MR) is 134 cm³/mol. The van der Waals surface area contributed by atoms with Crippen molar-refractivity contribution in [2.75, 3.05) is 26.2 Å². The largest absolute Gasteiger partial charge is 0.339 e. The van der Waals surface area contributed by atoms with Crippen molar-refractivity contribution >= 4 is 27.7 Å². The average Bonchev–Trinajstić information content (AvgIpc) is 3.14. The van der Waals surface area contributed by atoms with Gasteiger partial charge in [-0.1, -0.05) is 38.5 Å². The molecule has 3 aromatic rings. The summed E-state index contributed by atoms with van der Waals surface area (Å²) in [4.78, 5) is 32.0. The van der Waals surface area contributed by atoms with Gasteiger partial charge in [0.15, 0.2) is 0 Å². The van der Waals surface area contributed by atoms with Crippen molar-refractivity contribution in [1.82, 2.24) is 18.9 Å². The van der Waals surface area contributed by atoms with Crippen LogP contribution in [-0.2, 0) is 13.6 Å². The molecule has 33 heavy (non-hydrogen) atoms. The Hall–Kier alpha value is -2.60. The topological polar surface area (TPSA) is 50.5 Å². The van der Waals surface area contributed by atoms with E-state index in [4.69, 9.17) is 0 Å². The highest BCUT2D eigenvalue weighted by Gasteiger charge is 2.30. The highest BCUT2D eigenvalue weighted by molar-refractivity contribution is 6.17. The number of pyridine rings is 1. The number of fused-ring (bicyclic) bond motifs is 3. The monoisotopic (exact) mass is 448 g/mol. The van der Waals surface area contributed by atoms with E-state index in [9.17, 15) is 9.59 Å². The van der Waals surface area contributed by atoms with Crippen LogP contribution in [0.25, 0.3) is 21.8 Å². The molecule has 5 rings (SSSR count). The molecule has 6 nitrogen and oxygen atoms in total. The number of amides is 1. The van der Waals surface area contributed by atoms with Crippen LogP contribution in [0, 0.1) is 5.92 Å². The maximum absolute atomic E-state index is 13.9. The highest BCUT2D eigenvalue weighted by Crippen LogP contribution is 2.31. The van der Waals surface area contributed by atoms with Crippen LogP contribution in [0.3, 0.4) is 0 Å². The highest BCUT2D eigenvalue weighted by atomic mass is 16.2. The van der Waals surface area contributed by atoms with Gasteiger partial charge in [0, 0.05) is 55.2 Å². The van der Waals surface area contributed by atoms with Gasteiger partial charge in [0.05, 0.1) is 5.56 Å². The molecule has 0 N–H and O–H groups in total. The number of nitrogens with zero attached hydrogens (tertiary/aromatic N) is 4. The minimum Gasteiger partial charge on any atom is -0.339 e. The third-order valence-electron chi connectivity index (χ3n) is 7.58. The van der Waals surface area contributed by atoms with Crippen LogP contribution < -0.4 is 5.56 Å². The molecule has 2 fully saturated rings. The Balaban J connectivity index is 1.53. The Bertz CT molecular complexity index is 1220. The molecule has 0 saturated carbocycles. The molecule has 4 heterocycles. The molecule has 0 radical (unpaired) electrons. The van der Waals surface area contributed by atoms with Gasteiger partial charge in [0.25, 0.3) is 11.5 Å². The molecule has 2 aliphatic rings. The molecular formula is C27H36N4O2. The maximum atomic E-state index is 13.9. The smallest absolute Gasteiger partial charge is 0.275 e. The number of likely N-dealkylation sites (tertiary alicyclic amines) is 2. The van der Waals surface area contributed by atoms with E-state index in [1.165, 1.54) is 32.4 Å². The summed E-state index contributed by atoms with van der Waals surface area (Å²) in [5, 5.41) is 1.79. The number of hydrogen-bond donors (Lipinski definition) is 0. The first-order chi connectivity index (χ1) is 16.0. The Morgan fingerprint density at radius 1 is 1.03 bits per heavy atom. The fourth-order valence-corrected chi connectivity index (χ4v) is 5.91. The first kappa shape index (κ1) is 22.2. The van der Waals surface area contributed by atoms with Crippen molar-refractivity contribution in [3.8, 4) is 0 Å². The number of carbonyl (C=O) groups excluding carboxylic acids is 1. The number of piperidine rings is 2. The molecule has 0 unspecified atom stereocenters. The molecule has 0 aliphatic carbocycles. The Morgan fingerprint density at radius 3 is 2.42 bits per heavy atom. The lowest BCUT2D eigenvalue weighted by Crippen LogP contribution is -2.48. The minimum atomic E-state index is -0.0160. The van der Waals surface area contributed by atoms with Gasteiger partial charge in [0.2, 0.25) is 0 Å². The third kappa shape index (κ3) is 3.99. The van der Waals surface area contributed by atoms with Crippen LogP contribution in [0.2, 0.25) is 0 Å². The molecule has 6 heteroatoms. The molecule has 2 aromatic heterocycles. The summed E-state index contributed by atoms with van der Waals surface area (Å²) in [6.45, 7) is 8.79. The summed E-state index contributed by atoms with van der Waals surface area (Å²) in [5.74, 6) is 0.379. The first-order valence-corrected chi connectivity index (χ1v) is 12.6. The number of para-hydroxylation sites is 1. The summed E-state index contributed by atoms with van der Waals surface area (Å²) in [6.07, 6.45) is 7.86. The van der Waals surface area contributed by atoms with E-state index < -0.39 is 0 Å². The van der Waals surface area contributed by atoms with E-state index >= 15 is 0 Å². The lowest BCUT2D eigenvalue weighted by molar-refractivity contribution is 0.0591. The molecule has 0 bridgehead atoms. The molecular weight excluding hydrogens is 412 g/mol. The van der Waals surface area contributed by atoms with Crippen molar-refractivity contribution in [3.63, 3.8) is 0 Å². The van der Waals surface area contributed by atoms with Gasteiger partial charge in [-0.3, -0.25) is 9.59 Å². The number of aromatic nitrogens is 2. The number of aryl methyl sites for hydroxylation is 1. The summed E-state index contributed by atoms with van der Waals surface area (Å²) in [6, 6.07) is 8.63. The Labute approximate surface area is 195 Å². The molecule has 2 aliphatic heterocycles. The molecule has 0 atom stereocenters. The average molecular weight is 449 g/mol. The molecule has 0 spiro atoms. The van der Waals surface area contributed by atoms with Crippen LogP contribution in [-0.4, -0.2) is 57.1 Å². The van der Waals surface area contributed by atoms with E-state index in [0.29, 0.717) is 29.6 Å². The van der Waals surface area contributed by atoms with Crippen molar-refractivity contribution in [3.05, 3.63) is 46.4 Å². The minimum absolute atomic E-state index is 0.0160. The first-order valence-electron chi connectivity index (χ1n) is 12.6. The zero-order valence-corrected chi connectivity index (χ0v) is 20.2. The van der Waals surface area contributed by atoms with Crippen molar-refractivity contribution < 1.29 is 4.79 Å². The molecule has 1 amide bonds. The van der Waals surface area contributed by atoms with Crippen LogP contribution in [0.15, 0.2) is 35.3 Å². The third-order valence-corrected chi connectivity index (χ3v) is 7.58. The summed E-state index contributed by atoms with van der Waals surface area (Å²) in [7, 11) is 1.93. The zero-order valence-electron chi connectivity index (χ0n) is 20.2. The fraction of sp³-hybridized carbons (Fsp3) is 0.556. The quantitative estimate of drug-likeness (QED) is 0.600. The lowest BCUT2D eigenvalue weighted by Gasteiger charge is -2.40. The van der Waals surface area contributed by atoms with E-state index in [1.54, 1.807) is 4.57 Å². The second-order valence-electron chi connectivity index (χ2n) is 10.3. The standard InChI is InChI=1S/C27H36N4O2/c1-19(2)17-31-18-22(24-21-9-5-6-10-23(21)28(3)25(24)27(31)33)26(32)30-15-11-20(12-16-30)29-13-7-4-8-14-29/h5-6,9-10,18-20H,4,7-8,11-17H2,1-3H3. The van der Waals surface area contributed by atoms with Crippen LogP contribution in [0.4, 0.5) is 0 Å².